The molecule has 0 saturated carbocycles. The van der Waals surface area contributed by atoms with Crippen LogP contribution in [-0.4, -0.2) is 38.0 Å². The van der Waals surface area contributed by atoms with Crippen molar-refractivity contribution in [2.45, 2.75) is 33.1 Å². The van der Waals surface area contributed by atoms with Crippen LogP contribution in [0.1, 0.15) is 23.6 Å². The molecule has 0 spiro atoms. The molecule has 3 N–H and O–H groups in total. The van der Waals surface area contributed by atoms with Gasteiger partial charge < -0.3 is 25.2 Å². The minimum atomic E-state index is -0.313. The number of hydrogen-bond acceptors (Lipinski definition) is 5. The third kappa shape index (κ3) is 6.67. The number of benzene rings is 2. The second-order valence-electron chi connectivity index (χ2n) is 6.43. The molecule has 142 valence electrons. The molecule has 0 aliphatic heterocycles. The molecule has 1 atom stereocenters. The van der Waals surface area contributed by atoms with Gasteiger partial charge >= 0.3 is 0 Å². The first-order valence-electron chi connectivity index (χ1n) is 9.04. The van der Waals surface area contributed by atoms with E-state index in [1.165, 1.54) is 11.1 Å². The lowest BCUT2D eigenvalue weighted by atomic mass is 10.1. The standard InChI is InChI=1S/C21H30N2O3/c1-16-6-4-5-7-19(16)15-26-20-9-8-18(12-21(20)25-3)14-23-11-10-22-13-17(2)24/h4-9,12,17,22-24H,10-11,13-15H2,1-3H3/t17-/m0/s1. The Labute approximate surface area is 156 Å². The zero-order valence-corrected chi connectivity index (χ0v) is 15.9. The van der Waals surface area contributed by atoms with Gasteiger partial charge in [0.05, 0.1) is 13.2 Å². The summed E-state index contributed by atoms with van der Waals surface area (Å²) in [5.74, 6) is 1.49. The average molecular weight is 358 g/mol. The Morgan fingerprint density at radius 1 is 1.04 bits per heavy atom. The van der Waals surface area contributed by atoms with Crippen molar-refractivity contribution in [2.75, 3.05) is 26.7 Å². The van der Waals surface area contributed by atoms with Crippen LogP contribution in [0.5, 0.6) is 11.5 Å². The molecule has 2 aromatic carbocycles. The largest absolute Gasteiger partial charge is 0.493 e. The Kier molecular flexibility index (Phi) is 8.41. The van der Waals surface area contributed by atoms with Crippen LogP contribution in [0.3, 0.4) is 0 Å². The van der Waals surface area contributed by atoms with Crippen molar-refractivity contribution in [1.29, 1.82) is 0 Å². The third-order valence-corrected chi connectivity index (χ3v) is 4.12. The summed E-state index contributed by atoms with van der Waals surface area (Å²) in [4.78, 5) is 0. The number of aryl methyl sites for hydroxylation is 1. The van der Waals surface area contributed by atoms with E-state index in [0.717, 1.165) is 36.7 Å². The fraction of sp³-hybridized carbons (Fsp3) is 0.429. The molecule has 0 heterocycles. The third-order valence-electron chi connectivity index (χ3n) is 4.12. The van der Waals surface area contributed by atoms with Crippen LogP contribution < -0.4 is 20.1 Å². The van der Waals surface area contributed by atoms with E-state index < -0.39 is 0 Å². The van der Waals surface area contributed by atoms with Crippen LogP contribution in [0.2, 0.25) is 0 Å². The van der Waals surface area contributed by atoms with Crippen molar-refractivity contribution in [3.8, 4) is 11.5 Å². The fourth-order valence-electron chi connectivity index (χ4n) is 2.59. The highest BCUT2D eigenvalue weighted by atomic mass is 16.5. The molecule has 0 amide bonds. The van der Waals surface area contributed by atoms with Gasteiger partial charge in [-0.05, 0) is 42.7 Å². The number of hydrogen-bond donors (Lipinski definition) is 3. The van der Waals surface area contributed by atoms with Crippen molar-refractivity contribution in [3.05, 3.63) is 59.2 Å². The van der Waals surface area contributed by atoms with E-state index in [1.807, 2.05) is 30.3 Å². The van der Waals surface area contributed by atoms with Crippen LogP contribution in [0.4, 0.5) is 0 Å². The summed E-state index contributed by atoms with van der Waals surface area (Å²) in [5.41, 5.74) is 3.53. The number of nitrogens with one attached hydrogen (secondary N) is 2. The normalized spacial score (nSPS) is 12.0. The van der Waals surface area contributed by atoms with E-state index >= 15 is 0 Å². The first-order chi connectivity index (χ1) is 12.6. The molecular weight excluding hydrogens is 328 g/mol. The molecule has 0 fully saturated rings. The maximum atomic E-state index is 9.19. The molecule has 0 aliphatic rings. The van der Waals surface area contributed by atoms with E-state index in [0.29, 0.717) is 13.2 Å². The lowest BCUT2D eigenvalue weighted by molar-refractivity contribution is 0.191. The van der Waals surface area contributed by atoms with E-state index in [2.05, 4.69) is 29.7 Å². The first kappa shape index (κ1) is 20.2. The zero-order chi connectivity index (χ0) is 18.8. The molecule has 2 aromatic rings. The van der Waals surface area contributed by atoms with Crippen LogP contribution >= 0.6 is 0 Å². The average Bonchev–Trinajstić information content (AvgIpc) is 2.64. The first-order valence-corrected chi connectivity index (χ1v) is 9.04. The van der Waals surface area contributed by atoms with Gasteiger partial charge in [-0.25, -0.2) is 0 Å². The molecule has 0 radical (unpaired) electrons. The Morgan fingerprint density at radius 3 is 2.54 bits per heavy atom. The molecule has 0 aliphatic carbocycles. The van der Waals surface area contributed by atoms with Gasteiger partial charge in [-0.3, -0.25) is 0 Å². The predicted molar refractivity (Wildman–Crippen MR) is 105 cm³/mol. The molecular formula is C21H30N2O3. The molecule has 0 unspecified atom stereocenters. The van der Waals surface area contributed by atoms with Gasteiger partial charge in [-0.1, -0.05) is 30.3 Å². The summed E-state index contributed by atoms with van der Waals surface area (Å²) >= 11 is 0. The maximum absolute atomic E-state index is 9.19. The van der Waals surface area contributed by atoms with Gasteiger partial charge in [-0.2, -0.15) is 0 Å². The number of aliphatic hydroxyl groups is 1. The summed E-state index contributed by atoms with van der Waals surface area (Å²) in [6, 6.07) is 14.2. The summed E-state index contributed by atoms with van der Waals surface area (Å²) in [7, 11) is 1.66. The summed E-state index contributed by atoms with van der Waals surface area (Å²) in [6.07, 6.45) is -0.313. The number of ether oxygens (including phenoxy) is 2. The molecule has 0 saturated heterocycles. The maximum Gasteiger partial charge on any atom is 0.161 e. The number of methoxy groups -OCH3 is 1. The lowest BCUT2D eigenvalue weighted by Gasteiger charge is -2.14. The summed E-state index contributed by atoms with van der Waals surface area (Å²) in [5, 5.41) is 15.7. The number of rotatable bonds is 11. The van der Waals surface area contributed by atoms with Gasteiger partial charge in [0.25, 0.3) is 0 Å². The topological polar surface area (TPSA) is 62.8 Å². The predicted octanol–water partition coefficient (Wildman–Crippen LogP) is 2.64. The molecule has 5 heteroatoms. The summed E-state index contributed by atoms with van der Waals surface area (Å²) in [6.45, 7) is 7.40. The Balaban J connectivity index is 1.83. The van der Waals surface area contributed by atoms with Gasteiger partial charge in [0.2, 0.25) is 0 Å². The lowest BCUT2D eigenvalue weighted by Crippen LogP contribution is -2.31. The quantitative estimate of drug-likeness (QED) is 0.539. The molecule has 5 nitrogen and oxygen atoms in total. The van der Waals surface area contributed by atoms with E-state index in [-0.39, 0.29) is 6.10 Å². The SMILES string of the molecule is COc1cc(CNCCNC[C@H](C)O)ccc1OCc1ccccc1C. The van der Waals surface area contributed by atoms with E-state index in [9.17, 15) is 5.11 Å². The van der Waals surface area contributed by atoms with Crippen LogP contribution in [0, 0.1) is 6.92 Å². The zero-order valence-electron chi connectivity index (χ0n) is 15.9. The van der Waals surface area contributed by atoms with Crippen molar-refractivity contribution in [3.63, 3.8) is 0 Å². The summed E-state index contributed by atoms with van der Waals surface area (Å²) < 4.78 is 11.4. The van der Waals surface area contributed by atoms with Crippen molar-refractivity contribution >= 4 is 0 Å². The smallest absolute Gasteiger partial charge is 0.161 e. The molecule has 26 heavy (non-hydrogen) atoms. The van der Waals surface area contributed by atoms with E-state index in [1.54, 1.807) is 14.0 Å². The van der Waals surface area contributed by atoms with E-state index in [4.69, 9.17) is 9.47 Å². The van der Waals surface area contributed by atoms with Crippen molar-refractivity contribution in [2.24, 2.45) is 0 Å². The molecule has 0 aromatic heterocycles. The van der Waals surface area contributed by atoms with Gasteiger partial charge in [0.1, 0.15) is 6.61 Å². The van der Waals surface area contributed by atoms with Crippen molar-refractivity contribution < 1.29 is 14.6 Å². The Morgan fingerprint density at radius 2 is 1.81 bits per heavy atom. The second kappa shape index (κ2) is 10.8. The highest BCUT2D eigenvalue weighted by Crippen LogP contribution is 2.29. The monoisotopic (exact) mass is 358 g/mol. The van der Waals surface area contributed by atoms with Gasteiger partial charge in [-0.15, -0.1) is 0 Å². The van der Waals surface area contributed by atoms with Gasteiger partial charge in [0.15, 0.2) is 11.5 Å². The van der Waals surface area contributed by atoms with Crippen LogP contribution in [0.25, 0.3) is 0 Å². The van der Waals surface area contributed by atoms with Crippen LogP contribution in [0.15, 0.2) is 42.5 Å². The molecule has 0 bridgehead atoms. The Hall–Kier alpha value is -2.08. The fourth-order valence-corrected chi connectivity index (χ4v) is 2.59. The number of aliphatic hydroxyl groups excluding tert-OH is 1. The molecule has 2 rings (SSSR count). The highest BCUT2D eigenvalue weighted by molar-refractivity contribution is 5.43. The Bertz CT molecular complexity index is 674. The second-order valence-corrected chi connectivity index (χ2v) is 6.43. The van der Waals surface area contributed by atoms with Gasteiger partial charge in [0, 0.05) is 26.2 Å². The highest BCUT2D eigenvalue weighted by Gasteiger charge is 2.07. The minimum Gasteiger partial charge on any atom is -0.493 e. The van der Waals surface area contributed by atoms with Crippen LogP contribution in [-0.2, 0) is 13.2 Å². The minimum absolute atomic E-state index is 0.313. The van der Waals surface area contributed by atoms with Crippen molar-refractivity contribution in [1.82, 2.24) is 10.6 Å².